The summed E-state index contributed by atoms with van der Waals surface area (Å²) in [7, 11) is 0. The first-order chi connectivity index (χ1) is 9.10. The van der Waals surface area contributed by atoms with Gasteiger partial charge in [-0.2, -0.15) is 0 Å². The zero-order chi connectivity index (χ0) is 13.8. The third-order valence-electron chi connectivity index (χ3n) is 4.00. The Morgan fingerprint density at radius 3 is 2.63 bits per heavy atom. The fourth-order valence-corrected chi connectivity index (χ4v) is 3.14. The quantitative estimate of drug-likeness (QED) is 0.894. The summed E-state index contributed by atoms with van der Waals surface area (Å²) in [5.74, 6) is 0.908. The van der Waals surface area contributed by atoms with Gasteiger partial charge in [0.05, 0.1) is 0 Å². The van der Waals surface area contributed by atoms with Crippen LogP contribution >= 0.6 is 15.9 Å². The van der Waals surface area contributed by atoms with Gasteiger partial charge in [-0.15, -0.1) is 0 Å². The standard InChI is InChI=1S/C15H21BrN2O/c1-10-8-13(16)6-7-14(10)18-15(19)12-4-2-11(9-17)3-5-12/h6-8,11-12H,2-5,9,17H2,1H3,(H,18,19). The van der Waals surface area contributed by atoms with Gasteiger partial charge < -0.3 is 11.1 Å². The van der Waals surface area contributed by atoms with Crippen LogP contribution in [-0.2, 0) is 4.79 Å². The zero-order valence-corrected chi connectivity index (χ0v) is 12.9. The maximum absolute atomic E-state index is 12.2. The summed E-state index contributed by atoms with van der Waals surface area (Å²) in [6.45, 7) is 2.76. The Morgan fingerprint density at radius 2 is 2.05 bits per heavy atom. The number of aryl methyl sites for hydroxylation is 1. The van der Waals surface area contributed by atoms with Gasteiger partial charge >= 0.3 is 0 Å². The van der Waals surface area contributed by atoms with E-state index in [0.717, 1.165) is 48.0 Å². The largest absolute Gasteiger partial charge is 0.330 e. The van der Waals surface area contributed by atoms with E-state index >= 15 is 0 Å². The number of hydrogen-bond acceptors (Lipinski definition) is 2. The number of benzene rings is 1. The molecule has 1 amide bonds. The van der Waals surface area contributed by atoms with Crippen LogP contribution in [0.25, 0.3) is 0 Å². The van der Waals surface area contributed by atoms with Gasteiger partial charge in [-0.05, 0) is 68.8 Å². The molecule has 0 spiro atoms. The van der Waals surface area contributed by atoms with Crippen LogP contribution in [-0.4, -0.2) is 12.5 Å². The van der Waals surface area contributed by atoms with Gasteiger partial charge in [0, 0.05) is 16.1 Å². The number of nitrogens with two attached hydrogens (primary N) is 1. The van der Waals surface area contributed by atoms with Gasteiger partial charge in [-0.3, -0.25) is 4.79 Å². The summed E-state index contributed by atoms with van der Waals surface area (Å²) in [5.41, 5.74) is 7.67. The molecule has 104 valence electrons. The molecule has 1 aliphatic carbocycles. The average molecular weight is 325 g/mol. The Morgan fingerprint density at radius 1 is 1.37 bits per heavy atom. The molecule has 0 aromatic heterocycles. The number of halogens is 1. The average Bonchev–Trinajstić information content (AvgIpc) is 2.42. The molecular formula is C15H21BrN2O. The van der Waals surface area contributed by atoms with E-state index in [2.05, 4.69) is 21.2 Å². The Kier molecular flexibility index (Phi) is 4.99. The molecule has 1 aromatic carbocycles. The number of rotatable bonds is 3. The third-order valence-corrected chi connectivity index (χ3v) is 4.49. The monoisotopic (exact) mass is 324 g/mol. The van der Waals surface area contributed by atoms with E-state index in [1.807, 2.05) is 25.1 Å². The van der Waals surface area contributed by atoms with E-state index in [9.17, 15) is 4.79 Å². The predicted molar refractivity (Wildman–Crippen MR) is 82.0 cm³/mol. The van der Waals surface area contributed by atoms with Crippen molar-refractivity contribution in [3.05, 3.63) is 28.2 Å². The molecule has 0 unspecified atom stereocenters. The molecule has 0 saturated heterocycles. The SMILES string of the molecule is Cc1cc(Br)ccc1NC(=O)C1CCC(CN)CC1. The molecule has 2 rings (SSSR count). The minimum Gasteiger partial charge on any atom is -0.330 e. The molecule has 0 aliphatic heterocycles. The smallest absolute Gasteiger partial charge is 0.227 e. The van der Waals surface area contributed by atoms with Crippen LogP contribution in [0.15, 0.2) is 22.7 Å². The zero-order valence-electron chi connectivity index (χ0n) is 11.3. The van der Waals surface area contributed by atoms with Crippen molar-refractivity contribution in [3.8, 4) is 0 Å². The van der Waals surface area contributed by atoms with Crippen LogP contribution in [0.3, 0.4) is 0 Å². The maximum Gasteiger partial charge on any atom is 0.227 e. The summed E-state index contributed by atoms with van der Waals surface area (Å²) in [6, 6.07) is 5.91. The van der Waals surface area contributed by atoms with Gasteiger partial charge in [0.1, 0.15) is 0 Å². The molecule has 4 heteroatoms. The maximum atomic E-state index is 12.2. The highest BCUT2D eigenvalue weighted by molar-refractivity contribution is 9.10. The first kappa shape index (κ1) is 14.5. The Hall–Kier alpha value is -0.870. The van der Waals surface area contributed by atoms with Crippen molar-refractivity contribution in [1.82, 2.24) is 0 Å². The lowest BCUT2D eigenvalue weighted by Gasteiger charge is -2.27. The van der Waals surface area contributed by atoms with Gasteiger partial charge in [0.25, 0.3) is 0 Å². The number of nitrogens with one attached hydrogen (secondary N) is 1. The number of carbonyl (C=O) groups is 1. The summed E-state index contributed by atoms with van der Waals surface area (Å²) in [4.78, 5) is 12.2. The lowest BCUT2D eigenvalue weighted by Crippen LogP contribution is -2.29. The van der Waals surface area contributed by atoms with Crippen LogP contribution in [0.5, 0.6) is 0 Å². The van der Waals surface area contributed by atoms with Crippen LogP contribution in [0, 0.1) is 18.8 Å². The van der Waals surface area contributed by atoms with E-state index in [0.29, 0.717) is 5.92 Å². The van der Waals surface area contributed by atoms with E-state index in [1.165, 1.54) is 0 Å². The van der Waals surface area contributed by atoms with Gasteiger partial charge in [-0.25, -0.2) is 0 Å². The van der Waals surface area contributed by atoms with Crippen molar-refractivity contribution in [2.24, 2.45) is 17.6 Å². The first-order valence-corrected chi connectivity index (χ1v) is 7.66. The molecule has 19 heavy (non-hydrogen) atoms. The molecule has 0 radical (unpaired) electrons. The minimum absolute atomic E-state index is 0.144. The highest BCUT2D eigenvalue weighted by Gasteiger charge is 2.25. The lowest BCUT2D eigenvalue weighted by atomic mass is 9.81. The summed E-state index contributed by atoms with van der Waals surface area (Å²) in [6.07, 6.45) is 4.08. The molecule has 3 N–H and O–H groups in total. The Labute approximate surface area is 123 Å². The molecule has 0 atom stereocenters. The number of hydrogen-bond donors (Lipinski definition) is 2. The highest BCUT2D eigenvalue weighted by Crippen LogP contribution is 2.29. The van der Waals surface area contributed by atoms with Crippen LogP contribution < -0.4 is 11.1 Å². The second kappa shape index (κ2) is 6.53. The topological polar surface area (TPSA) is 55.1 Å². The number of anilines is 1. The van der Waals surface area contributed by atoms with Crippen molar-refractivity contribution >= 4 is 27.5 Å². The lowest BCUT2D eigenvalue weighted by molar-refractivity contribution is -0.121. The van der Waals surface area contributed by atoms with Crippen molar-refractivity contribution < 1.29 is 4.79 Å². The van der Waals surface area contributed by atoms with E-state index < -0.39 is 0 Å². The van der Waals surface area contributed by atoms with Gasteiger partial charge in [0.2, 0.25) is 5.91 Å². The van der Waals surface area contributed by atoms with Gasteiger partial charge in [0.15, 0.2) is 0 Å². The Balaban J connectivity index is 1.94. The first-order valence-electron chi connectivity index (χ1n) is 6.87. The van der Waals surface area contributed by atoms with Crippen LogP contribution in [0.4, 0.5) is 5.69 Å². The van der Waals surface area contributed by atoms with Crippen molar-refractivity contribution in [3.63, 3.8) is 0 Å². The molecule has 1 aliphatic rings. The molecule has 0 heterocycles. The highest BCUT2D eigenvalue weighted by atomic mass is 79.9. The van der Waals surface area contributed by atoms with Crippen LogP contribution in [0.1, 0.15) is 31.2 Å². The number of carbonyl (C=O) groups excluding carboxylic acids is 1. The summed E-state index contributed by atoms with van der Waals surface area (Å²) < 4.78 is 1.03. The fraction of sp³-hybridized carbons (Fsp3) is 0.533. The second-order valence-corrected chi connectivity index (χ2v) is 6.32. The fourth-order valence-electron chi connectivity index (χ4n) is 2.66. The predicted octanol–water partition coefficient (Wildman–Crippen LogP) is 3.46. The molecule has 1 aromatic rings. The van der Waals surface area contributed by atoms with Crippen LogP contribution in [0.2, 0.25) is 0 Å². The summed E-state index contributed by atoms with van der Waals surface area (Å²) in [5, 5.41) is 3.05. The van der Waals surface area contributed by atoms with Crippen molar-refractivity contribution in [2.45, 2.75) is 32.6 Å². The number of amides is 1. The minimum atomic E-state index is 0.144. The summed E-state index contributed by atoms with van der Waals surface area (Å²) >= 11 is 3.43. The van der Waals surface area contributed by atoms with Crippen molar-refractivity contribution in [2.75, 3.05) is 11.9 Å². The Bertz CT molecular complexity index is 453. The molecule has 1 fully saturated rings. The molecular weight excluding hydrogens is 304 g/mol. The van der Waals surface area contributed by atoms with Gasteiger partial charge in [-0.1, -0.05) is 15.9 Å². The molecule has 3 nitrogen and oxygen atoms in total. The molecule has 0 bridgehead atoms. The second-order valence-electron chi connectivity index (χ2n) is 5.40. The van der Waals surface area contributed by atoms with Crippen molar-refractivity contribution in [1.29, 1.82) is 0 Å². The van der Waals surface area contributed by atoms with E-state index in [1.54, 1.807) is 0 Å². The normalized spacial score (nSPS) is 23.1. The third kappa shape index (κ3) is 3.80. The molecule has 1 saturated carbocycles. The van der Waals surface area contributed by atoms with E-state index in [4.69, 9.17) is 5.73 Å². The van der Waals surface area contributed by atoms with E-state index in [-0.39, 0.29) is 11.8 Å².